The lowest BCUT2D eigenvalue weighted by atomic mass is 9.86. The van der Waals surface area contributed by atoms with Crippen molar-refractivity contribution in [1.82, 2.24) is 10.2 Å². The van der Waals surface area contributed by atoms with E-state index in [-0.39, 0.29) is 5.41 Å². The molecule has 0 aliphatic carbocycles. The molecular formula is C14H32N4O2. The van der Waals surface area contributed by atoms with Gasteiger partial charge in [-0.3, -0.25) is 0 Å². The van der Waals surface area contributed by atoms with Crippen molar-refractivity contribution >= 4 is 5.84 Å². The van der Waals surface area contributed by atoms with Gasteiger partial charge in [0.15, 0.2) is 0 Å². The first-order chi connectivity index (χ1) is 9.44. The molecule has 0 unspecified atom stereocenters. The second kappa shape index (κ2) is 10.9. The lowest BCUT2D eigenvalue weighted by Crippen LogP contribution is -2.33. The van der Waals surface area contributed by atoms with Crippen LogP contribution in [0.3, 0.4) is 0 Å². The number of hydrogen-bond acceptors (Lipinski definition) is 5. The van der Waals surface area contributed by atoms with Gasteiger partial charge in [0, 0.05) is 32.2 Å². The molecule has 0 saturated carbocycles. The summed E-state index contributed by atoms with van der Waals surface area (Å²) < 4.78 is 5.03. The van der Waals surface area contributed by atoms with Gasteiger partial charge in [0.2, 0.25) is 0 Å². The van der Waals surface area contributed by atoms with Crippen molar-refractivity contribution in [2.24, 2.45) is 16.3 Å². The van der Waals surface area contributed by atoms with Gasteiger partial charge < -0.3 is 25.9 Å². The van der Waals surface area contributed by atoms with Gasteiger partial charge in [-0.1, -0.05) is 25.4 Å². The van der Waals surface area contributed by atoms with E-state index in [1.807, 2.05) is 13.8 Å². The summed E-state index contributed by atoms with van der Waals surface area (Å²) in [7, 11) is 3.82. The maximum Gasteiger partial charge on any atom is 0.144 e. The van der Waals surface area contributed by atoms with Crippen LogP contribution in [0.1, 0.15) is 33.1 Å². The molecule has 0 aromatic carbocycles. The topological polar surface area (TPSA) is 83.1 Å². The van der Waals surface area contributed by atoms with Crippen molar-refractivity contribution in [2.45, 2.75) is 33.1 Å². The molecule has 0 bridgehead atoms. The second-order valence-corrected chi connectivity index (χ2v) is 5.87. The highest BCUT2D eigenvalue weighted by molar-refractivity contribution is 5.85. The predicted octanol–water partition coefficient (Wildman–Crippen LogP) is 1.10. The fourth-order valence-electron chi connectivity index (χ4n) is 1.83. The molecule has 0 rings (SSSR count). The summed E-state index contributed by atoms with van der Waals surface area (Å²) in [4.78, 5) is 2.25. The summed E-state index contributed by atoms with van der Waals surface area (Å²) in [5.74, 6) is 0.310. The van der Waals surface area contributed by atoms with E-state index in [9.17, 15) is 0 Å². The van der Waals surface area contributed by atoms with Crippen molar-refractivity contribution < 1.29 is 9.94 Å². The maximum absolute atomic E-state index is 8.69. The highest BCUT2D eigenvalue weighted by Gasteiger charge is 2.22. The lowest BCUT2D eigenvalue weighted by molar-refractivity contribution is 0.161. The molecule has 0 aliphatic rings. The number of methoxy groups -OCH3 is 1. The summed E-state index contributed by atoms with van der Waals surface area (Å²) in [5.41, 5.74) is 5.43. The van der Waals surface area contributed by atoms with Crippen molar-refractivity contribution in [2.75, 3.05) is 46.9 Å². The van der Waals surface area contributed by atoms with E-state index >= 15 is 0 Å². The number of unbranched alkanes of at least 4 members (excludes halogenated alkanes) is 1. The molecule has 0 heterocycles. The molecule has 20 heavy (non-hydrogen) atoms. The van der Waals surface area contributed by atoms with Crippen LogP contribution in [0.15, 0.2) is 5.16 Å². The Hall–Kier alpha value is -0.850. The van der Waals surface area contributed by atoms with E-state index in [0.29, 0.717) is 5.84 Å². The third-order valence-electron chi connectivity index (χ3n) is 3.55. The molecular weight excluding hydrogens is 256 g/mol. The van der Waals surface area contributed by atoms with Gasteiger partial charge >= 0.3 is 0 Å². The van der Waals surface area contributed by atoms with Gasteiger partial charge in [-0.2, -0.15) is 0 Å². The number of oxime groups is 1. The number of rotatable bonds is 12. The Morgan fingerprint density at radius 3 is 2.60 bits per heavy atom. The molecule has 0 fully saturated rings. The number of amidine groups is 1. The zero-order valence-electron chi connectivity index (χ0n) is 13.5. The Morgan fingerprint density at radius 2 is 2.00 bits per heavy atom. The second-order valence-electron chi connectivity index (χ2n) is 5.87. The third-order valence-corrected chi connectivity index (χ3v) is 3.55. The number of hydrogen-bond donors (Lipinski definition) is 3. The van der Waals surface area contributed by atoms with E-state index in [1.54, 1.807) is 7.11 Å². The van der Waals surface area contributed by atoms with Crippen LogP contribution >= 0.6 is 0 Å². The highest BCUT2D eigenvalue weighted by Crippen LogP contribution is 2.22. The van der Waals surface area contributed by atoms with Crippen LogP contribution in [0.4, 0.5) is 0 Å². The average Bonchev–Trinajstić information content (AvgIpc) is 2.42. The maximum atomic E-state index is 8.69. The largest absolute Gasteiger partial charge is 0.409 e. The van der Waals surface area contributed by atoms with Gasteiger partial charge in [-0.25, -0.2) is 0 Å². The van der Waals surface area contributed by atoms with Crippen molar-refractivity contribution in [3.63, 3.8) is 0 Å². The standard InChI is InChI=1S/C14H32N4O2/c1-14(2,13(15)17-19)7-5-6-8-16-9-10-18(3)11-12-20-4/h16,19H,5-12H2,1-4H3,(H2,15,17). The summed E-state index contributed by atoms with van der Waals surface area (Å²) >= 11 is 0. The molecule has 0 aromatic rings. The Morgan fingerprint density at radius 1 is 1.30 bits per heavy atom. The molecule has 0 radical (unpaired) electrons. The van der Waals surface area contributed by atoms with Crippen LogP contribution in [-0.2, 0) is 4.74 Å². The normalized spacial score (nSPS) is 13.2. The fraction of sp³-hybridized carbons (Fsp3) is 0.929. The lowest BCUT2D eigenvalue weighted by Gasteiger charge is -2.22. The number of likely N-dealkylation sites (N-methyl/N-ethyl adjacent to an activating group) is 1. The summed E-state index contributed by atoms with van der Waals surface area (Å²) in [6.07, 6.45) is 3.10. The molecule has 4 N–H and O–H groups in total. The Kier molecular flexibility index (Phi) is 10.4. The van der Waals surface area contributed by atoms with Crippen LogP contribution in [0.5, 0.6) is 0 Å². The highest BCUT2D eigenvalue weighted by atomic mass is 16.5. The van der Waals surface area contributed by atoms with Gasteiger partial charge in [0.1, 0.15) is 5.84 Å². The first kappa shape index (κ1) is 19.1. The summed E-state index contributed by atoms with van der Waals surface area (Å²) in [6, 6.07) is 0. The number of ether oxygens (including phenoxy) is 1. The quantitative estimate of drug-likeness (QED) is 0.165. The molecule has 6 heteroatoms. The van der Waals surface area contributed by atoms with Crippen molar-refractivity contribution in [3.05, 3.63) is 0 Å². The SMILES string of the molecule is COCCN(C)CCNCCCCC(C)(C)C(N)=NO. The summed E-state index contributed by atoms with van der Waals surface area (Å²) in [5, 5.41) is 15.2. The molecule has 0 aromatic heterocycles. The van der Waals surface area contributed by atoms with Crippen LogP contribution in [-0.4, -0.2) is 62.9 Å². The molecule has 0 aliphatic heterocycles. The minimum absolute atomic E-state index is 0.227. The first-order valence-corrected chi connectivity index (χ1v) is 7.30. The molecule has 0 saturated heterocycles. The molecule has 0 spiro atoms. The van der Waals surface area contributed by atoms with Crippen LogP contribution in [0, 0.1) is 5.41 Å². The van der Waals surface area contributed by atoms with E-state index in [2.05, 4.69) is 22.4 Å². The van der Waals surface area contributed by atoms with E-state index in [0.717, 1.165) is 52.0 Å². The van der Waals surface area contributed by atoms with E-state index < -0.39 is 0 Å². The third kappa shape index (κ3) is 9.12. The molecule has 120 valence electrons. The molecule has 0 amide bonds. The minimum atomic E-state index is -0.227. The zero-order valence-corrected chi connectivity index (χ0v) is 13.5. The van der Waals surface area contributed by atoms with Crippen molar-refractivity contribution in [3.8, 4) is 0 Å². The fourth-order valence-corrected chi connectivity index (χ4v) is 1.83. The number of nitrogens with two attached hydrogens (primary N) is 1. The Labute approximate surface area is 123 Å². The average molecular weight is 288 g/mol. The smallest absolute Gasteiger partial charge is 0.144 e. The van der Waals surface area contributed by atoms with E-state index in [4.69, 9.17) is 15.7 Å². The summed E-state index contributed by atoms with van der Waals surface area (Å²) in [6.45, 7) is 8.76. The Bertz CT molecular complexity index is 270. The predicted molar refractivity (Wildman–Crippen MR) is 83.3 cm³/mol. The van der Waals surface area contributed by atoms with Gasteiger partial charge in [-0.05, 0) is 26.4 Å². The monoisotopic (exact) mass is 288 g/mol. The number of nitrogens with zero attached hydrogens (tertiary/aromatic N) is 2. The molecule has 6 nitrogen and oxygen atoms in total. The van der Waals surface area contributed by atoms with Crippen LogP contribution < -0.4 is 11.1 Å². The van der Waals surface area contributed by atoms with Gasteiger partial charge in [0.05, 0.1) is 6.61 Å². The zero-order chi connectivity index (χ0) is 15.4. The Balaban J connectivity index is 3.50. The van der Waals surface area contributed by atoms with E-state index in [1.165, 1.54) is 0 Å². The van der Waals surface area contributed by atoms with Gasteiger partial charge in [-0.15, -0.1) is 0 Å². The molecule has 0 atom stereocenters. The first-order valence-electron chi connectivity index (χ1n) is 7.30. The minimum Gasteiger partial charge on any atom is -0.409 e. The van der Waals surface area contributed by atoms with Gasteiger partial charge in [0.25, 0.3) is 0 Å². The van der Waals surface area contributed by atoms with Crippen LogP contribution in [0.25, 0.3) is 0 Å². The van der Waals surface area contributed by atoms with Crippen molar-refractivity contribution in [1.29, 1.82) is 0 Å². The number of nitrogens with one attached hydrogen (secondary N) is 1. The van der Waals surface area contributed by atoms with Crippen LogP contribution in [0.2, 0.25) is 0 Å².